The number of rotatable bonds is 6. The van der Waals surface area contributed by atoms with Crippen molar-refractivity contribution in [3.8, 4) is 90.7 Å². The summed E-state index contributed by atoms with van der Waals surface area (Å²) in [5.41, 5.74) is 13.2. The molecule has 3 heterocycles. The predicted octanol–water partition coefficient (Wildman–Crippen LogP) is 13.1. The van der Waals surface area contributed by atoms with Gasteiger partial charge in [0.05, 0.1) is 16.8 Å². The molecule has 290 valence electrons. The molecular weight excluding hydrogens is 759 g/mol. The smallest absolute Gasteiger partial charge is 0.164 e. The van der Waals surface area contributed by atoms with Gasteiger partial charge in [0.1, 0.15) is 11.5 Å². The standard InChI is InChI=1S/C56H35N5O/c1-5-18-36(19-6-1)47-35-48(37-20-7-2-8-21-37)58-54(57-47)40-32-33-43-42(34-40)51-41(55-60-52(38-22-9-3-10-23-38)59-53(61-55)39-24-11-4-12-25-39)26-17-29-46(51)56(43)44-27-13-15-30-49(44)62-50-31-16-14-28-45(50)56/h1-35H. The van der Waals surface area contributed by atoms with Gasteiger partial charge >= 0.3 is 0 Å². The monoisotopic (exact) mass is 793 g/mol. The second-order valence-corrected chi connectivity index (χ2v) is 15.6. The van der Waals surface area contributed by atoms with Gasteiger partial charge in [0.2, 0.25) is 0 Å². The Morgan fingerprint density at radius 1 is 0.290 bits per heavy atom. The number of aromatic nitrogens is 5. The molecule has 8 aromatic carbocycles. The van der Waals surface area contributed by atoms with Crippen LogP contribution in [0.15, 0.2) is 212 Å². The Labute approximate surface area is 359 Å². The van der Waals surface area contributed by atoms with Crippen LogP contribution in [0, 0.1) is 0 Å². The van der Waals surface area contributed by atoms with E-state index in [4.69, 9.17) is 29.7 Å². The number of hydrogen-bond acceptors (Lipinski definition) is 6. The minimum atomic E-state index is -0.718. The lowest BCUT2D eigenvalue weighted by molar-refractivity contribution is 0.436. The van der Waals surface area contributed by atoms with Gasteiger partial charge in [0.25, 0.3) is 0 Å². The van der Waals surface area contributed by atoms with Gasteiger partial charge in [-0.05, 0) is 46.5 Å². The fraction of sp³-hybridized carbons (Fsp3) is 0.0179. The second kappa shape index (κ2) is 14.4. The average molecular weight is 794 g/mol. The molecule has 0 amide bonds. The average Bonchev–Trinajstić information content (AvgIpc) is 3.65. The highest BCUT2D eigenvalue weighted by Gasteiger charge is 2.52. The van der Waals surface area contributed by atoms with Gasteiger partial charge in [-0.1, -0.05) is 188 Å². The number of fused-ring (bicyclic) bond motifs is 9. The molecule has 6 nitrogen and oxygen atoms in total. The van der Waals surface area contributed by atoms with Crippen molar-refractivity contribution in [1.29, 1.82) is 0 Å². The van der Waals surface area contributed by atoms with Crippen molar-refractivity contribution >= 4 is 0 Å². The van der Waals surface area contributed by atoms with E-state index in [1.165, 1.54) is 0 Å². The molecule has 0 atom stereocenters. The predicted molar refractivity (Wildman–Crippen MR) is 245 cm³/mol. The van der Waals surface area contributed by atoms with Crippen LogP contribution in [0.5, 0.6) is 11.5 Å². The molecule has 0 N–H and O–H groups in total. The molecule has 1 aliphatic carbocycles. The first-order valence-corrected chi connectivity index (χ1v) is 20.8. The van der Waals surface area contributed by atoms with Crippen molar-refractivity contribution in [3.05, 3.63) is 235 Å². The first kappa shape index (κ1) is 35.6. The first-order chi connectivity index (χ1) is 30.7. The van der Waals surface area contributed by atoms with E-state index in [0.29, 0.717) is 23.3 Å². The van der Waals surface area contributed by atoms with Crippen LogP contribution in [0.4, 0.5) is 0 Å². The van der Waals surface area contributed by atoms with Crippen molar-refractivity contribution in [2.24, 2.45) is 0 Å². The number of nitrogens with zero attached hydrogens (tertiary/aromatic N) is 5. The molecule has 2 aromatic heterocycles. The van der Waals surface area contributed by atoms with Crippen molar-refractivity contribution in [3.63, 3.8) is 0 Å². The van der Waals surface area contributed by atoms with E-state index < -0.39 is 5.41 Å². The molecule has 0 saturated heterocycles. The number of ether oxygens (including phenoxy) is 1. The van der Waals surface area contributed by atoms with Gasteiger partial charge in [-0.3, -0.25) is 0 Å². The Morgan fingerprint density at radius 2 is 0.742 bits per heavy atom. The van der Waals surface area contributed by atoms with Crippen molar-refractivity contribution < 1.29 is 4.74 Å². The molecule has 0 bridgehead atoms. The number of benzene rings is 8. The lowest BCUT2D eigenvalue weighted by Crippen LogP contribution is -2.32. The fourth-order valence-electron chi connectivity index (χ4n) is 9.30. The van der Waals surface area contributed by atoms with Gasteiger partial charge in [-0.15, -0.1) is 0 Å². The van der Waals surface area contributed by atoms with E-state index in [0.717, 1.165) is 89.6 Å². The maximum absolute atomic E-state index is 6.69. The highest BCUT2D eigenvalue weighted by atomic mass is 16.5. The Kier molecular flexibility index (Phi) is 8.28. The van der Waals surface area contributed by atoms with Gasteiger partial charge in [0, 0.05) is 44.5 Å². The van der Waals surface area contributed by atoms with E-state index in [2.05, 4.69) is 103 Å². The Hall–Kier alpha value is -8.35. The van der Waals surface area contributed by atoms with Crippen LogP contribution in [-0.4, -0.2) is 24.9 Å². The summed E-state index contributed by atoms with van der Waals surface area (Å²) in [4.78, 5) is 26.1. The summed E-state index contributed by atoms with van der Waals surface area (Å²) in [6.07, 6.45) is 0. The summed E-state index contributed by atoms with van der Waals surface area (Å²) in [5.74, 6) is 4.08. The van der Waals surface area contributed by atoms with Crippen LogP contribution < -0.4 is 4.74 Å². The van der Waals surface area contributed by atoms with Crippen LogP contribution in [-0.2, 0) is 5.41 Å². The van der Waals surface area contributed by atoms with Gasteiger partial charge < -0.3 is 4.74 Å². The maximum atomic E-state index is 6.69. The summed E-state index contributed by atoms with van der Waals surface area (Å²) in [5, 5.41) is 0. The summed E-state index contributed by atoms with van der Waals surface area (Å²) in [7, 11) is 0. The van der Waals surface area contributed by atoms with E-state index in [-0.39, 0.29) is 0 Å². The lowest BCUT2D eigenvalue weighted by Gasteiger charge is -2.39. The summed E-state index contributed by atoms with van der Waals surface area (Å²) in [6.45, 7) is 0. The molecule has 0 fully saturated rings. The van der Waals surface area contributed by atoms with Crippen LogP contribution >= 0.6 is 0 Å². The Bertz CT molecular complexity index is 3160. The van der Waals surface area contributed by atoms with Gasteiger partial charge in [0.15, 0.2) is 23.3 Å². The first-order valence-electron chi connectivity index (χ1n) is 20.8. The third kappa shape index (κ3) is 5.69. The highest BCUT2D eigenvalue weighted by Crippen LogP contribution is 2.63. The maximum Gasteiger partial charge on any atom is 0.164 e. The molecule has 2 aliphatic rings. The summed E-state index contributed by atoms with van der Waals surface area (Å²) < 4.78 is 6.69. The Morgan fingerprint density at radius 3 is 1.29 bits per heavy atom. The zero-order chi connectivity index (χ0) is 41.0. The quantitative estimate of drug-likeness (QED) is 0.167. The minimum Gasteiger partial charge on any atom is -0.457 e. The summed E-state index contributed by atoms with van der Waals surface area (Å²) >= 11 is 0. The van der Waals surface area contributed by atoms with Crippen LogP contribution in [0.25, 0.3) is 79.2 Å². The van der Waals surface area contributed by atoms with Crippen molar-refractivity contribution in [2.75, 3.05) is 0 Å². The molecule has 0 saturated carbocycles. The molecule has 6 heteroatoms. The van der Waals surface area contributed by atoms with Gasteiger partial charge in [-0.2, -0.15) is 0 Å². The Balaban J connectivity index is 1.16. The molecule has 10 aromatic rings. The molecule has 62 heavy (non-hydrogen) atoms. The van der Waals surface area contributed by atoms with Gasteiger partial charge in [-0.25, -0.2) is 24.9 Å². The summed E-state index contributed by atoms with van der Waals surface area (Å²) in [6, 6.07) is 73.0. The van der Waals surface area contributed by atoms with Crippen LogP contribution in [0.3, 0.4) is 0 Å². The molecule has 0 unspecified atom stereocenters. The van der Waals surface area contributed by atoms with E-state index in [1.807, 2.05) is 109 Å². The molecular formula is C56H35N5O. The number of para-hydroxylation sites is 2. The molecule has 12 rings (SSSR count). The third-order valence-electron chi connectivity index (χ3n) is 12.0. The SMILES string of the molecule is c1ccc(-c2cc(-c3ccccc3)nc(-c3ccc4c(c3)-c3c(-c5nc(-c6ccccc6)nc(-c6ccccc6)n5)cccc3C43c4ccccc4Oc4ccccc43)n2)cc1. The fourth-order valence-corrected chi connectivity index (χ4v) is 9.30. The normalized spacial score (nSPS) is 12.8. The zero-order valence-corrected chi connectivity index (χ0v) is 33.4. The highest BCUT2D eigenvalue weighted by molar-refractivity contribution is 5.97. The zero-order valence-electron chi connectivity index (χ0n) is 33.4. The van der Waals surface area contributed by atoms with E-state index >= 15 is 0 Å². The molecule has 1 aliphatic heterocycles. The van der Waals surface area contributed by atoms with Crippen LogP contribution in [0.1, 0.15) is 22.3 Å². The largest absolute Gasteiger partial charge is 0.457 e. The minimum absolute atomic E-state index is 0.588. The second-order valence-electron chi connectivity index (χ2n) is 15.6. The third-order valence-corrected chi connectivity index (χ3v) is 12.0. The molecule has 0 radical (unpaired) electrons. The van der Waals surface area contributed by atoms with E-state index in [9.17, 15) is 0 Å². The number of hydrogen-bond donors (Lipinski definition) is 0. The van der Waals surface area contributed by atoms with Crippen molar-refractivity contribution in [2.45, 2.75) is 5.41 Å². The lowest BCUT2D eigenvalue weighted by atomic mass is 9.66. The van der Waals surface area contributed by atoms with Crippen LogP contribution in [0.2, 0.25) is 0 Å². The topological polar surface area (TPSA) is 73.7 Å². The van der Waals surface area contributed by atoms with Crippen molar-refractivity contribution in [1.82, 2.24) is 24.9 Å². The molecule has 1 spiro atoms. The van der Waals surface area contributed by atoms with E-state index in [1.54, 1.807) is 0 Å².